The summed E-state index contributed by atoms with van der Waals surface area (Å²) in [5.74, 6) is 0.493. The van der Waals surface area contributed by atoms with E-state index in [0.717, 1.165) is 18.8 Å². The smallest absolute Gasteiger partial charge is 0.257 e. The van der Waals surface area contributed by atoms with Crippen LogP contribution in [-0.2, 0) is 0 Å². The van der Waals surface area contributed by atoms with Crippen LogP contribution >= 0.6 is 0 Å². The maximum absolute atomic E-state index is 12.6. The monoisotopic (exact) mass is 325 g/mol. The Labute approximate surface area is 142 Å². The number of ether oxygens (including phenoxy) is 1. The summed E-state index contributed by atoms with van der Waals surface area (Å²) < 4.78 is 5.75. The summed E-state index contributed by atoms with van der Waals surface area (Å²) in [4.78, 5) is 19.1. The lowest BCUT2D eigenvalue weighted by Gasteiger charge is -2.18. The van der Waals surface area contributed by atoms with E-state index in [1.807, 2.05) is 50.4 Å². The Bertz CT molecular complexity index is 709. The van der Waals surface area contributed by atoms with Gasteiger partial charge in [-0.15, -0.1) is 0 Å². The third-order valence-electron chi connectivity index (χ3n) is 3.96. The second kappa shape index (κ2) is 7.34. The highest BCUT2D eigenvalue weighted by Gasteiger charge is 2.16. The Hall–Kier alpha value is -2.56. The molecule has 0 radical (unpaired) electrons. The Balaban J connectivity index is 1.77. The fraction of sp³-hybridized carbons (Fsp3) is 0.368. The van der Waals surface area contributed by atoms with Crippen molar-refractivity contribution < 1.29 is 9.53 Å². The van der Waals surface area contributed by atoms with Gasteiger partial charge in [-0.2, -0.15) is 0 Å². The van der Waals surface area contributed by atoms with Gasteiger partial charge in [0, 0.05) is 19.3 Å². The Kier molecular flexibility index (Phi) is 4.99. The maximum atomic E-state index is 12.6. The maximum Gasteiger partial charge on any atom is 0.257 e. The molecule has 0 bridgehead atoms. The van der Waals surface area contributed by atoms with Gasteiger partial charge in [0.1, 0.15) is 5.75 Å². The molecule has 1 fully saturated rings. The van der Waals surface area contributed by atoms with Crippen molar-refractivity contribution in [1.82, 2.24) is 4.98 Å². The second-order valence-electron chi connectivity index (χ2n) is 6.24. The highest BCUT2D eigenvalue weighted by atomic mass is 16.5. The van der Waals surface area contributed by atoms with Crippen LogP contribution in [0.5, 0.6) is 5.75 Å². The number of carbonyl (C=O) groups excluding carboxylic acids is 1. The van der Waals surface area contributed by atoms with Crippen LogP contribution in [0.4, 0.5) is 11.4 Å². The van der Waals surface area contributed by atoms with Crippen LogP contribution in [0.25, 0.3) is 0 Å². The van der Waals surface area contributed by atoms with Gasteiger partial charge in [-0.05, 0) is 44.9 Å². The van der Waals surface area contributed by atoms with Crippen LogP contribution < -0.4 is 15.0 Å². The SMILES string of the molecule is CC(C)Oc1ccccc1NC(=O)c1cncc(N2CCCC2)c1. The molecule has 126 valence electrons. The van der Waals surface area contributed by atoms with Crippen molar-refractivity contribution >= 4 is 17.3 Å². The zero-order chi connectivity index (χ0) is 16.9. The lowest BCUT2D eigenvalue weighted by atomic mass is 10.2. The minimum atomic E-state index is -0.177. The molecule has 1 saturated heterocycles. The molecule has 24 heavy (non-hydrogen) atoms. The average molecular weight is 325 g/mol. The van der Waals surface area contributed by atoms with Gasteiger partial charge in [0.2, 0.25) is 0 Å². The summed E-state index contributed by atoms with van der Waals surface area (Å²) in [6.45, 7) is 5.97. The van der Waals surface area contributed by atoms with Gasteiger partial charge in [-0.3, -0.25) is 9.78 Å². The van der Waals surface area contributed by atoms with Gasteiger partial charge in [-0.1, -0.05) is 12.1 Å². The molecular weight excluding hydrogens is 302 g/mol. The van der Waals surface area contributed by atoms with Crippen LogP contribution in [0.15, 0.2) is 42.7 Å². The topological polar surface area (TPSA) is 54.5 Å². The number of anilines is 2. The van der Waals surface area contributed by atoms with E-state index in [2.05, 4.69) is 15.2 Å². The summed E-state index contributed by atoms with van der Waals surface area (Å²) in [7, 11) is 0. The Morgan fingerprint density at radius 1 is 1.21 bits per heavy atom. The summed E-state index contributed by atoms with van der Waals surface area (Å²) in [5, 5.41) is 2.93. The largest absolute Gasteiger partial charge is 0.489 e. The van der Waals surface area contributed by atoms with Crippen molar-refractivity contribution in [2.24, 2.45) is 0 Å². The molecule has 0 saturated carbocycles. The standard InChI is InChI=1S/C19H23N3O2/c1-14(2)24-18-8-4-3-7-17(18)21-19(23)15-11-16(13-20-12-15)22-9-5-6-10-22/h3-4,7-8,11-14H,5-6,9-10H2,1-2H3,(H,21,23). The summed E-state index contributed by atoms with van der Waals surface area (Å²) >= 11 is 0. The predicted molar refractivity (Wildman–Crippen MR) is 95.8 cm³/mol. The van der Waals surface area contributed by atoms with Gasteiger partial charge in [0.25, 0.3) is 5.91 Å². The molecule has 0 atom stereocenters. The fourth-order valence-corrected chi connectivity index (χ4v) is 2.82. The molecule has 3 rings (SSSR count). The molecular formula is C19H23N3O2. The third-order valence-corrected chi connectivity index (χ3v) is 3.96. The molecule has 0 aliphatic carbocycles. The number of carbonyl (C=O) groups is 1. The van der Waals surface area contributed by atoms with Gasteiger partial charge >= 0.3 is 0 Å². The van der Waals surface area contributed by atoms with Crippen molar-refractivity contribution in [1.29, 1.82) is 0 Å². The zero-order valence-corrected chi connectivity index (χ0v) is 14.2. The van der Waals surface area contributed by atoms with E-state index < -0.39 is 0 Å². The lowest BCUT2D eigenvalue weighted by Crippen LogP contribution is -2.19. The number of rotatable bonds is 5. The molecule has 1 aromatic carbocycles. The summed E-state index contributed by atoms with van der Waals surface area (Å²) in [6, 6.07) is 9.37. The molecule has 1 aromatic heterocycles. The molecule has 1 N–H and O–H groups in total. The predicted octanol–water partition coefficient (Wildman–Crippen LogP) is 3.72. The van der Waals surface area contributed by atoms with Crippen LogP contribution in [0.1, 0.15) is 37.0 Å². The van der Waals surface area contributed by atoms with E-state index in [-0.39, 0.29) is 12.0 Å². The van der Waals surface area contributed by atoms with E-state index in [9.17, 15) is 4.79 Å². The van der Waals surface area contributed by atoms with Crippen molar-refractivity contribution in [2.75, 3.05) is 23.3 Å². The van der Waals surface area contributed by atoms with E-state index in [0.29, 0.717) is 17.0 Å². The molecule has 1 amide bonds. The number of para-hydroxylation sites is 2. The Morgan fingerprint density at radius 2 is 1.96 bits per heavy atom. The molecule has 1 aliphatic heterocycles. The van der Waals surface area contributed by atoms with Crippen LogP contribution in [0.2, 0.25) is 0 Å². The molecule has 1 aliphatic rings. The minimum Gasteiger partial charge on any atom is -0.489 e. The number of benzene rings is 1. The van der Waals surface area contributed by atoms with Crippen LogP contribution in [0, 0.1) is 0 Å². The Morgan fingerprint density at radius 3 is 2.71 bits per heavy atom. The summed E-state index contributed by atoms with van der Waals surface area (Å²) in [6.07, 6.45) is 5.84. The van der Waals surface area contributed by atoms with E-state index in [1.54, 1.807) is 6.20 Å². The third kappa shape index (κ3) is 3.85. The number of aromatic nitrogens is 1. The number of amides is 1. The number of pyridine rings is 1. The molecule has 5 heteroatoms. The van der Waals surface area contributed by atoms with Gasteiger partial charge in [-0.25, -0.2) is 0 Å². The van der Waals surface area contributed by atoms with Crippen molar-refractivity contribution in [3.63, 3.8) is 0 Å². The lowest BCUT2D eigenvalue weighted by molar-refractivity contribution is 0.102. The van der Waals surface area contributed by atoms with Gasteiger partial charge in [0.05, 0.1) is 29.2 Å². The minimum absolute atomic E-state index is 0.0446. The number of hydrogen-bond acceptors (Lipinski definition) is 4. The fourth-order valence-electron chi connectivity index (χ4n) is 2.82. The van der Waals surface area contributed by atoms with Gasteiger partial charge < -0.3 is 15.0 Å². The molecule has 5 nitrogen and oxygen atoms in total. The zero-order valence-electron chi connectivity index (χ0n) is 14.2. The molecule has 2 aromatic rings. The van der Waals surface area contributed by atoms with Crippen molar-refractivity contribution in [3.8, 4) is 5.75 Å². The number of nitrogens with one attached hydrogen (secondary N) is 1. The highest BCUT2D eigenvalue weighted by Crippen LogP contribution is 2.26. The quantitative estimate of drug-likeness (QED) is 0.910. The molecule has 0 unspecified atom stereocenters. The first-order chi connectivity index (χ1) is 11.6. The normalized spacial score (nSPS) is 14.0. The van der Waals surface area contributed by atoms with E-state index in [1.165, 1.54) is 12.8 Å². The molecule has 2 heterocycles. The number of hydrogen-bond donors (Lipinski definition) is 1. The average Bonchev–Trinajstić information content (AvgIpc) is 3.11. The molecule has 0 spiro atoms. The van der Waals surface area contributed by atoms with E-state index >= 15 is 0 Å². The highest BCUT2D eigenvalue weighted by molar-refractivity contribution is 6.05. The van der Waals surface area contributed by atoms with Crippen LogP contribution in [0.3, 0.4) is 0 Å². The van der Waals surface area contributed by atoms with Crippen LogP contribution in [-0.4, -0.2) is 30.1 Å². The van der Waals surface area contributed by atoms with Crippen molar-refractivity contribution in [2.45, 2.75) is 32.8 Å². The first-order valence-electron chi connectivity index (χ1n) is 8.40. The van der Waals surface area contributed by atoms with Gasteiger partial charge in [0.15, 0.2) is 0 Å². The first-order valence-corrected chi connectivity index (χ1v) is 8.40. The van der Waals surface area contributed by atoms with E-state index in [4.69, 9.17) is 4.74 Å². The summed E-state index contributed by atoms with van der Waals surface area (Å²) in [5.41, 5.74) is 2.23. The second-order valence-corrected chi connectivity index (χ2v) is 6.24. The van der Waals surface area contributed by atoms with Crippen molar-refractivity contribution in [3.05, 3.63) is 48.3 Å². The first kappa shape index (κ1) is 16.3. The number of nitrogens with zero attached hydrogens (tertiary/aromatic N) is 2.